The largest absolute Gasteiger partial charge is 0.497 e. The van der Waals surface area contributed by atoms with Crippen molar-refractivity contribution in [2.45, 2.75) is 39.7 Å². The van der Waals surface area contributed by atoms with Gasteiger partial charge in [-0.3, -0.25) is 9.59 Å². The lowest BCUT2D eigenvalue weighted by Gasteiger charge is -2.21. The van der Waals surface area contributed by atoms with Crippen molar-refractivity contribution in [2.75, 3.05) is 25.5 Å². The number of rotatable bonds is 10. The van der Waals surface area contributed by atoms with Gasteiger partial charge in [-0.25, -0.2) is 0 Å². The van der Waals surface area contributed by atoms with Gasteiger partial charge in [-0.15, -0.1) is 0 Å². The van der Waals surface area contributed by atoms with E-state index in [1.807, 2.05) is 50.2 Å². The van der Waals surface area contributed by atoms with Crippen LogP contribution in [0.4, 0.5) is 5.69 Å². The van der Waals surface area contributed by atoms with E-state index >= 15 is 0 Å². The van der Waals surface area contributed by atoms with Gasteiger partial charge in [-0.05, 0) is 62.2 Å². The van der Waals surface area contributed by atoms with E-state index in [1.54, 1.807) is 24.1 Å². The Morgan fingerprint density at radius 2 is 1.76 bits per heavy atom. The quantitative estimate of drug-likeness (QED) is 0.659. The highest BCUT2D eigenvalue weighted by atomic mass is 16.5. The first kappa shape index (κ1) is 22.3. The number of hydrogen-bond donors (Lipinski definition) is 1. The average Bonchev–Trinajstić information content (AvgIpc) is 2.69. The maximum atomic E-state index is 12.3. The summed E-state index contributed by atoms with van der Waals surface area (Å²) in [6.45, 7) is 6.38. The van der Waals surface area contributed by atoms with Crippen LogP contribution in [0.2, 0.25) is 0 Å². The van der Waals surface area contributed by atoms with Crippen molar-refractivity contribution in [1.82, 2.24) is 4.90 Å². The minimum absolute atomic E-state index is 0.0455. The van der Waals surface area contributed by atoms with Crippen molar-refractivity contribution in [3.05, 3.63) is 54.1 Å². The summed E-state index contributed by atoms with van der Waals surface area (Å²) < 4.78 is 10.8. The van der Waals surface area contributed by atoms with Gasteiger partial charge in [0, 0.05) is 32.1 Å². The Balaban J connectivity index is 1.82. The van der Waals surface area contributed by atoms with E-state index in [2.05, 4.69) is 5.32 Å². The van der Waals surface area contributed by atoms with Gasteiger partial charge in [-0.1, -0.05) is 12.1 Å². The van der Waals surface area contributed by atoms with Gasteiger partial charge in [-0.2, -0.15) is 0 Å². The second-order valence-corrected chi connectivity index (χ2v) is 7.10. The van der Waals surface area contributed by atoms with E-state index in [4.69, 9.17) is 9.47 Å². The van der Waals surface area contributed by atoms with Gasteiger partial charge < -0.3 is 19.7 Å². The van der Waals surface area contributed by atoms with Crippen molar-refractivity contribution < 1.29 is 19.1 Å². The van der Waals surface area contributed by atoms with Gasteiger partial charge in [0.1, 0.15) is 11.5 Å². The number of hydrogen-bond acceptors (Lipinski definition) is 4. The topological polar surface area (TPSA) is 67.9 Å². The molecule has 0 atom stereocenters. The molecule has 0 aromatic heterocycles. The van der Waals surface area contributed by atoms with E-state index in [9.17, 15) is 9.59 Å². The molecule has 156 valence electrons. The Labute approximate surface area is 172 Å². The lowest BCUT2D eigenvalue weighted by molar-refractivity contribution is -0.129. The van der Waals surface area contributed by atoms with Crippen LogP contribution in [0.25, 0.3) is 0 Å². The molecule has 2 aromatic rings. The Hall–Kier alpha value is -3.02. The third-order valence-corrected chi connectivity index (χ3v) is 4.37. The maximum Gasteiger partial charge on any atom is 0.226 e. The van der Waals surface area contributed by atoms with Crippen LogP contribution in [0.5, 0.6) is 11.5 Å². The maximum absolute atomic E-state index is 12.3. The summed E-state index contributed by atoms with van der Waals surface area (Å²) in [4.78, 5) is 25.9. The highest BCUT2D eigenvalue weighted by Crippen LogP contribution is 2.17. The number of carbonyl (C=O) groups excluding carboxylic acids is 2. The zero-order chi connectivity index (χ0) is 21.2. The van der Waals surface area contributed by atoms with Gasteiger partial charge in [0.25, 0.3) is 0 Å². The molecule has 0 aliphatic heterocycles. The van der Waals surface area contributed by atoms with Crippen molar-refractivity contribution in [2.24, 2.45) is 0 Å². The minimum atomic E-state index is -0.129. The summed E-state index contributed by atoms with van der Waals surface area (Å²) in [5.74, 6) is 1.38. The Bertz CT molecular complexity index is 803. The van der Waals surface area contributed by atoms with Crippen LogP contribution in [0.15, 0.2) is 48.5 Å². The molecular formula is C23H30N2O4. The number of benzene rings is 2. The minimum Gasteiger partial charge on any atom is -0.497 e. The Morgan fingerprint density at radius 3 is 2.38 bits per heavy atom. The van der Waals surface area contributed by atoms with E-state index in [-0.39, 0.29) is 24.3 Å². The van der Waals surface area contributed by atoms with Crippen molar-refractivity contribution in [3.63, 3.8) is 0 Å². The summed E-state index contributed by atoms with van der Waals surface area (Å²) in [6, 6.07) is 15.0. The molecule has 0 aliphatic rings. The van der Waals surface area contributed by atoms with Crippen LogP contribution in [0.1, 0.15) is 32.8 Å². The van der Waals surface area contributed by atoms with E-state index in [0.29, 0.717) is 25.2 Å². The van der Waals surface area contributed by atoms with Crippen molar-refractivity contribution in [1.29, 1.82) is 0 Å². The number of nitrogens with one attached hydrogen (secondary N) is 1. The summed E-state index contributed by atoms with van der Waals surface area (Å²) in [7, 11) is 1.63. The standard InChI is InChI=1S/C23H30N2O4/c1-17(2)29-21-10-8-20(9-11-21)24-23(27)13-15-25(18(3)26)14-12-19-6-5-7-22(16-19)28-4/h5-11,16-17H,12-15H2,1-4H3,(H,24,27). The fourth-order valence-corrected chi connectivity index (χ4v) is 2.87. The fraction of sp³-hybridized carbons (Fsp3) is 0.391. The van der Waals surface area contributed by atoms with Gasteiger partial charge in [0.2, 0.25) is 11.8 Å². The molecule has 0 heterocycles. The highest BCUT2D eigenvalue weighted by Gasteiger charge is 2.12. The van der Waals surface area contributed by atoms with Crippen LogP contribution in [0.3, 0.4) is 0 Å². The van der Waals surface area contributed by atoms with Crippen LogP contribution >= 0.6 is 0 Å². The van der Waals surface area contributed by atoms with Gasteiger partial charge in [0.05, 0.1) is 13.2 Å². The molecule has 0 saturated carbocycles. The average molecular weight is 399 g/mol. The van der Waals surface area contributed by atoms with Gasteiger partial charge in [0.15, 0.2) is 0 Å². The number of carbonyl (C=O) groups is 2. The monoisotopic (exact) mass is 398 g/mol. The van der Waals surface area contributed by atoms with E-state index < -0.39 is 0 Å². The predicted octanol–water partition coefficient (Wildman–Crippen LogP) is 3.90. The predicted molar refractivity (Wildman–Crippen MR) is 114 cm³/mol. The molecule has 1 N–H and O–H groups in total. The summed E-state index contributed by atoms with van der Waals surface area (Å²) in [5.41, 5.74) is 1.79. The third-order valence-electron chi connectivity index (χ3n) is 4.37. The first-order valence-electron chi connectivity index (χ1n) is 9.82. The summed E-state index contributed by atoms with van der Waals surface area (Å²) in [6.07, 6.45) is 1.04. The highest BCUT2D eigenvalue weighted by molar-refractivity contribution is 5.91. The molecule has 2 aromatic carbocycles. The normalized spacial score (nSPS) is 10.5. The first-order valence-corrected chi connectivity index (χ1v) is 9.82. The molecule has 0 aliphatic carbocycles. The molecule has 29 heavy (non-hydrogen) atoms. The smallest absolute Gasteiger partial charge is 0.226 e. The second kappa shape index (κ2) is 11.1. The summed E-state index contributed by atoms with van der Waals surface area (Å²) in [5, 5.41) is 2.86. The van der Waals surface area contributed by atoms with E-state index in [1.165, 1.54) is 6.92 Å². The van der Waals surface area contributed by atoms with Crippen LogP contribution in [0, 0.1) is 0 Å². The lowest BCUT2D eigenvalue weighted by Crippen LogP contribution is -2.33. The molecule has 0 spiro atoms. The SMILES string of the molecule is COc1cccc(CCN(CCC(=O)Nc2ccc(OC(C)C)cc2)C(C)=O)c1. The van der Waals surface area contributed by atoms with Crippen molar-refractivity contribution >= 4 is 17.5 Å². The van der Waals surface area contributed by atoms with Crippen molar-refractivity contribution in [3.8, 4) is 11.5 Å². The molecule has 0 saturated heterocycles. The Kier molecular flexibility index (Phi) is 8.52. The molecule has 2 rings (SSSR count). The van der Waals surface area contributed by atoms with Crippen LogP contribution in [-0.2, 0) is 16.0 Å². The van der Waals surface area contributed by atoms with E-state index in [0.717, 1.165) is 17.1 Å². The number of ether oxygens (including phenoxy) is 2. The summed E-state index contributed by atoms with van der Waals surface area (Å²) >= 11 is 0. The zero-order valence-electron chi connectivity index (χ0n) is 17.6. The number of anilines is 1. The lowest BCUT2D eigenvalue weighted by atomic mass is 10.1. The number of methoxy groups -OCH3 is 1. The zero-order valence-corrected chi connectivity index (χ0v) is 17.6. The number of amides is 2. The van der Waals surface area contributed by atoms with Crippen LogP contribution < -0.4 is 14.8 Å². The van der Waals surface area contributed by atoms with Gasteiger partial charge >= 0.3 is 0 Å². The molecule has 0 fully saturated rings. The molecule has 6 nitrogen and oxygen atoms in total. The molecule has 0 bridgehead atoms. The number of nitrogens with zero attached hydrogens (tertiary/aromatic N) is 1. The molecule has 6 heteroatoms. The third kappa shape index (κ3) is 7.86. The fourth-order valence-electron chi connectivity index (χ4n) is 2.87. The van der Waals surface area contributed by atoms with Crippen LogP contribution in [-0.4, -0.2) is 43.0 Å². The molecule has 0 unspecified atom stereocenters. The molecular weight excluding hydrogens is 368 g/mol. The first-order chi connectivity index (χ1) is 13.9. The second-order valence-electron chi connectivity index (χ2n) is 7.10. The molecule has 2 amide bonds. The Morgan fingerprint density at radius 1 is 1.03 bits per heavy atom. The molecule has 0 radical (unpaired) electrons.